The standard InChI is InChI=1S/C25H30N4O3S/c1-3-4-15-28-22-16-20(25(30)27-2)17-23(24(22)32-21-13-9-6-10-14-21)33(26,31)29-18-19-11-7-5-8-12-19/h5-14,16-17,28H,3-4,15,18H2,1-2H3,(H,27,30)(H2,26,29,31). The van der Waals surface area contributed by atoms with Crippen molar-refractivity contribution in [2.24, 2.45) is 0 Å². The van der Waals surface area contributed by atoms with Gasteiger partial charge in [0, 0.05) is 25.7 Å². The first-order valence-corrected chi connectivity index (χ1v) is 12.4. The molecule has 33 heavy (non-hydrogen) atoms. The molecule has 8 heteroatoms. The molecule has 0 heterocycles. The van der Waals surface area contributed by atoms with Crippen molar-refractivity contribution >= 4 is 21.5 Å². The number of rotatable bonds is 11. The predicted molar refractivity (Wildman–Crippen MR) is 132 cm³/mol. The van der Waals surface area contributed by atoms with E-state index in [9.17, 15) is 9.00 Å². The molecule has 0 aliphatic carbocycles. The maximum atomic E-state index is 13.6. The Hall–Kier alpha value is -3.36. The van der Waals surface area contributed by atoms with Gasteiger partial charge in [0.2, 0.25) is 0 Å². The highest BCUT2D eigenvalue weighted by molar-refractivity contribution is 7.90. The largest absolute Gasteiger partial charge is 0.454 e. The van der Waals surface area contributed by atoms with Crippen molar-refractivity contribution in [3.8, 4) is 11.5 Å². The Morgan fingerprint density at radius 2 is 1.70 bits per heavy atom. The third kappa shape index (κ3) is 6.57. The molecule has 0 spiro atoms. The summed E-state index contributed by atoms with van der Waals surface area (Å²) in [5.41, 5.74) is 1.71. The lowest BCUT2D eigenvalue weighted by atomic mass is 10.1. The summed E-state index contributed by atoms with van der Waals surface area (Å²) in [6.45, 7) is 2.96. The Balaban J connectivity index is 2.08. The molecule has 4 N–H and O–H groups in total. The van der Waals surface area contributed by atoms with E-state index in [1.807, 2.05) is 48.5 Å². The van der Waals surface area contributed by atoms with Crippen LogP contribution >= 0.6 is 0 Å². The average molecular weight is 467 g/mol. The number of anilines is 1. The van der Waals surface area contributed by atoms with Crippen LogP contribution in [0.3, 0.4) is 0 Å². The molecule has 0 bridgehead atoms. The van der Waals surface area contributed by atoms with Gasteiger partial charge in [0.25, 0.3) is 5.91 Å². The van der Waals surface area contributed by atoms with Crippen LogP contribution < -0.4 is 20.1 Å². The van der Waals surface area contributed by atoms with Crippen molar-refractivity contribution in [3.05, 3.63) is 83.9 Å². The Labute approximate surface area is 195 Å². The van der Waals surface area contributed by atoms with Gasteiger partial charge < -0.3 is 15.4 Å². The smallest absolute Gasteiger partial charge is 0.251 e. The fraction of sp³-hybridized carbons (Fsp3) is 0.240. The van der Waals surface area contributed by atoms with E-state index in [0.717, 1.165) is 18.4 Å². The SMILES string of the molecule is CCCCNc1cc(C(=O)NC)cc(S(=N)(=O)NCc2ccccc2)c1Oc1ccccc1. The second-order valence-corrected chi connectivity index (χ2v) is 9.33. The lowest BCUT2D eigenvalue weighted by Gasteiger charge is -2.20. The molecule has 1 atom stereocenters. The molecule has 174 valence electrons. The molecule has 0 aliphatic rings. The van der Waals surface area contributed by atoms with E-state index in [1.54, 1.807) is 18.2 Å². The van der Waals surface area contributed by atoms with Crippen LogP contribution in [0.15, 0.2) is 77.7 Å². The normalized spacial score (nSPS) is 12.5. The number of nitrogens with one attached hydrogen (secondary N) is 4. The Bertz CT molecular complexity index is 1170. The number of hydrogen-bond acceptors (Lipinski definition) is 5. The molecule has 0 aromatic heterocycles. The Morgan fingerprint density at radius 1 is 1.03 bits per heavy atom. The lowest BCUT2D eigenvalue weighted by molar-refractivity contribution is 0.0963. The molecular weight excluding hydrogens is 436 g/mol. The minimum Gasteiger partial charge on any atom is -0.454 e. The minimum absolute atomic E-state index is 0.113. The predicted octanol–water partition coefficient (Wildman–Crippen LogP) is 5.16. The Morgan fingerprint density at radius 3 is 2.33 bits per heavy atom. The number of unbranched alkanes of at least 4 members (excludes halogenated alkanes) is 1. The third-order valence-electron chi connectivity index (χ3n) is 4.99. The fourth-order valence-electron chi connectivity index (χ4n) is 3.19. The summed E-state index contributed by atoms with van der Waals surface area (Å²) in [5.74, 6) is 0.480. The molecule has 1 unspecified atom stereocenters. The highest BCUT2D eigenvalue weighted by Gasteiger charge is 2.23. The molecule has 0 radical (unpaired) electrons. The second-order valence-electron chi connectivity index (χ2n) is 7.49. The first-order chi connectivity index (χ1) is 15.9. The number of para-hydroxylation sites is 1. The van der Waals surface area contributed by atoms with Crippen LogP contribution in [0.4, 0.5) is 5.69 Å². The third-order valence-corrected chi connectivity index (χ3v) is 6.46. The summed E-state index contributed by atoms with van der Waals surface area (Å²) in [5, 5.41) is 5.90. The van der Waals surface area contributed by atoms with Crippen LogP contribution in [0.25, 0.3) is 0 Å². The summed E-state index contributed by atoms with van der Waals surface area (Å²) < 4.78 is 31.3. The van der Waals surface area contributed by atoms with Crippen molar-refractivity contribution in [2.75, 3.05) is 18.9 Å². The zero-order valence-corrected chi connectivity index (χ0v) is 19.7. The van der Waals surface area contributed by atoms with Crippen LogP contribution in [0.5, 0.6) is 11.5 Å². The van der Waals surface area contributed by atoms with Gasteiger partial charge in [-0.25, -0.2) is 13.7 Å². The van der Waals surface area contributed by atoms with Gasteiger partial charge in [-0.15, -0.1) is 0 Å². The minimum atomic E-state index is -3.52. The van der Waals surface area contributed by atoms with Gasteiger partial charge in [0.05, 0.1) is 5.69 Å². The van der Waals surface area contributed by atoms with Crippen LogP contribution in [0.1, 0.15) is 35.7 Å². The van der Waals surface area contributed by atoms with Crippen LogP contribution in [-0.2, 0) is 16.5 Å². The van der Waals surface area contributed by atoms with E-state index in [1.165, 1.54) is 13.1 Å². The molecule has 7 nitrogen and oxygen atoms in total. The van der Waals surface area contributed by atoms with Gasteiger partial charge in [-0.2, -0.15) is 0 Å². The summed E-state index contributed by atoms with van der Waals surface area (Å²) in [6, 6.07) is 21.7. The zero-order valence-electron chi connectivity index (χ0n) is 18.9. The van der Waals surface area contributed by atoms with E-state index in [0.29, 0.717) is 23.5 Å². The van der Waals surface area contributed by atoms with Crippen LogP contribution in [0.2, 0.25) is 0 Å². The quantitative estimate of drug-likeness (QED) is 0.293. The summed E-state index contributed by atoms with van der Waals surface area (Å²) in [7, 11) is -1.99. The molecule has 3 aromatic rings. The summed E-state index contributed by atoms with van der Waals surface area (Å²) >= 11 is 0. The van der Waals surface area contributed by atoms with Gasteiger partial charge in [0.15, 0.2) is 5.75 Å². The fourth-order valence-corrected chi connectivity index (χ4v) is 4.42. The van der Waals surface area contributed by atoms with Crippen molar-refractivity contribution in [2.45, 2.75) is 31.2 Å². The number of carbonyl (C=O) groups is 1. The second kappa shape index (κ2) is 11.5. The van der Waals surface area contributed by atoms with E-state index < -0.39 is 9.92 Å². The maximum absolute atomic E-state index is 13.6. The van der Waals surface area contributed by atoms with E-state index in [4.69, 9.17) is 9.52 Å². The maximum Gasteiger partial charge on any atom is 0.251 e. The van der Waals surface area contributed by atoms with Crippen molar-refractivity contribution in [3.63, 3.8) is 0 Å². The molecule has 1 amide bonds. The summed E-state index contributed by atoms with van der Waals surface area (Å²) in [6.07, 6.45) is 1.89. The van der Waals surface area contributed by atoms with Gasteiger partial charge >= 0.3 is 0 Å². The highest BCUT2D eigenvalue weighted by Crippen LogP contribution is 2.38. The van der Waals surface area contributed by atoms with Gasteiger partial charge in [-0.1, -0.05) is 61.9 Å². The van der Waals surface area contributed by atoms with Crippen molar-refractivity contribution in [1.29, 1.82) is 4.78 Å². The Kier molecular flexibility index (Phi) is 8.46. The van der Waals surface area contributed by atoms with E-state index in [-0.39, 0.29) is 23.1 Å². The average Bonchev–Trinajstić information content (AvgIpc) is 2.84. The van der Waals surface area contributed by atoms with Crippen LogP contribution in [0, 0.1) is 4.78 Å². The molecule has 0 saturated carbocycles. The topological polar surface area (TPSA) is 103 Å². The van der Waals surface area contributed by atoms with Crippen molar-refractivity contribution in [1.82, 2.24) is 10.0 Å². The van der Waals surface area contributed by atoms with Gasteiger partial charge in [0.1, 0.15) is 20.6 Å². The molecule has 0 aliphatic heterocycles. The zero-order chi connectivity index (χ0) is 23.7. The van der Waals surface area contributed by atoms with E-state index >= 15 is 0 Å². The number of ether oxygens (including phenoxy) is 1. The van der Waals surface area contributed by atoms with E-state index in [2.05, 4.69) is 22.3 Å². The lowest BCUT2D eigenvalue weighted by Crippen LogP contribution is -2.24. The van der Waals surface area contributed by atoms with Gasteiger partial charge in [-0.05, 0) is 36.2 Å². The number of benzene rings is 3. The first kappa shape index (κ1) is 24.3. The number of amides is 1. The number of hydrogen-bond donors (Lipinski definition) is 4. The molecular formula is C25H30N4O3S. The first-order valence-electron chi connectivity index (χ1n) is 10.9. The molecule has 0 fully saturated rings. The molecule has 3 aromatic carbocycles. The number of carbonyl (C=O) groups excluding carboxylic acids is 1. The monoisotopic (exact) mass is 466 g/mol. The van der Waals surface area contributed by atoms with Gasteiger partial charge in [-0.3, -0.25) is 4.79 Å². The molecule has 3 rings (SSSR count). The highest BCUT2D eigenvalue weighted by atomic mass is 32.2. The van der Waals surface area contributed by atoms with Crippen molar-refractivity contribution < 1.29 is 13.7 Å². The summed E-state index contributed by atoms with van der Waals surface area (Å²) in [4.78, 5) is 12.6. The van der Waals surface area contributed by atoms with Crippen LogP contribution in [-0.4, -0.2) is 23.7 Å². The molecule has 0 saturated heterocycles.